The van der Waals surface area contributed by atoms with E-state index in [1.807, 2.05) is 50.2 Å². The van der Waals surface area contributed by atoms with Crippen LogP contribution in [0, 0.1) is 0 Å². The number of hydrogen-bond donors (Lipinski definition) is 4. The summed E-state index contributed by atoms with van der Waals surface area (Å²) in [5, 5.41) is 23.9. The Morgan fingerprint density at radius 2 is 1.83 bits per heavy atom. The maximum atomic E-state index is 12.1. The van der Waals surface area contributed by atoms with Crippen molar-refractivity contribution in [2.24, 2.45) is 0 Å². The zero-order valence-corrected chi connectivity index (χ0v) is 17.0. The van der Waals surface area contributed by atoms with Crippen LogP contribution in [0.15, 0.2) is 48.7 Å². The second-order valence-corrected chi connectivity index (χ2v) is 7.41. The van der Waals surface area contributed by atoms with Crippen molar-refractivity contribution in [3.63, 3.8) is 0 Å². The third-order valence-electron chi connectivity index (χ3n) is 4.35. The van der Waals surface area contributed by atoms with Crippen LogP contribution in [0.4, 0.5) is 10.6 Å². The molecule has 0 aliphatic heterocycles. The lowest BCUT2D eigenvalue weighted by atomic mass is 10.0. The molecular weight excluding hydrogens is 404 g/mol. The number of rotatable bonds is 4. The quantitative estimate of drug-likeness (QED) is 0.384. The molecule has 152 valence electrons. The summed E-state index contributed by atoms with van der Waals surface area (Å²) in [6.45, 7) is 3.67. The lowest BCUT2D eigenvalue weighted by Crippen LogP contribution is -2.34. The number of aromatic hydroxyl groups is 1. The molecule has 0 aliphatic carbocycles. The standard InChI is InChI=1S/C21H19ClN6O2/c1-11(2)24-21(30)27-19-20(29)26-18(17(25-19)12-6-4-3-5-7-12)13-8-14-10-23-28-16(14)15(22)9-13/h3-11H,1-2H3,(H,23,28)(H,26,29)(H2,24,25,27,30). The molecule has 2 aromatic carbocycles. The van der Waals surface area contributed by atoms with E-state index in [1.165, 1.54) is 0 Å². The molecular formula is C21H19ClN6O2. The average Bonchev–Trinajstić information content (AvgIpc) is 3.18. The first kappa shape index (κ1) is 19.7. The zero-order valence-electron chi connectivity index (χ0n) is 16.3. The highest BCUT2D eigenvalue weighted by Gasteiger charge is 2.19. The molecule has 0 spiro atoms. The van der Waals surface area contributed by atoms with Crippen molar-refractivity contribution in [1.82, 2.24) is 25.5 Å². The maximum Gasteiger partial charge on any atom is 0.320 e. The maximum absolute atomic E-state index is 12.1. The minimum absolute atomic E-state index is 0.0359. The lowest BCUT2D eigenvalue weighted by molar-refractivity contribution is 0.249. The Morgan fingerprint density at radius 1 is 1.10 bits per heavy atom. The molecule has 2 aromatic heterocycles. The van der Waals surface area contributed by atoms with Crippen molar-refractivity contribution in [3.8, 4) is 28.4 Å². The molecule has 0 atom stereocenters. The van der Waals surface area contributed by atoms with E-state index in [9.17, 15) is 9.90 Å². The van der Waals surface area contributed by atoms with Crippen molar-refractivity contribution in [2.75, 3.05) is 5.32 Å². The van der Waals surface area contributed by atoms with Crippen LogP contribution in [0.25, 0.3) is 33.4 Å². The van der Waals surface area contributed by atoms with E-state index in [-0.39, 0.29) is 11.9 Å². The predicted octanol–water partition coefficient (Wildman–Crippen LogP) is 4.58. The average molecular weight is 423 g/mol. The van der Waals surface area contributed by atoms with Crippen LogP contribution in [-0.4, -0.2) is 37.3 Å². The highest BCUT2D eigenvalue weighted by molar-refractivity contribution is 6.35. The molecule has 4 aromatic rings. The first-order valence-electron chi connectivity index (χ1n) is 9.29. The number of nitrogens with one attached hydrogen (secondary N) is 3. The van der Waals surface area contributed by atoms with Crippen LogP contribution in [-0.2, 0) is 0 Å². The van der Waals surface area contributed by atoms with Gasteiger partial charge in [-0.25, -0.2) is 14.8 Å². The van der Waals surface area contributed by atoms with Crippen LogP contribution in [0.5, 0.6) is 5.88 Å². The Hall–Kier alpha value is -3.65. The van der Waals surface area contributed by atoms with E-state index < -0.39 is 11.9 Å². The number of fused-ring (bicyclic) bond motifs is 1. The van der Waals surface area contributed by atoms with Gasteiger partial charge in [-0.3, -0.25) is 10.4 Å². The van der Waals surface area contributed by atoms with E-state index in [1.54, 1.807) is 12.3 Å². The van der Waals surface area contributed by atoms with Gasteiger partial charge in [0, 0.05) is 22.6 Å². The Kier molecular flexibility index (Phi) is 5.24. The second-order valence-electron chi connectivity index (χ2n) is 7.00. The highest BCUT2D eigenvalue weighted by Crippen LogP contribution is 2.36. The van der Waals surface area contributed by atoms with Crippen LogP contribution < -0.4 is 10.6 Å². The Bertz CT molecular complexity index is 1220. The molecule has 0 unspecified atom stereocenters. The monoisotopic (exact) mass is 422 g/mol. The largest absolute Gasteiger partial charge is 0.491 e. The SMILES string of the molecule is CC(C)NC(=O)Nc1nc(-c2ccccc2)c(-c2cc(Cl)c3[nH]ncc3c2)nc1O. The van der Waals surface area contributed by atoms with Crippen LogP contribution in [0.2, 0.25) is 5.02 Å². The fourth-order valence-electron chi connectivity index (χ4n) is 3.07. The Morgan fingerprint density at radius 3 is 2.57 bits per heavy atom. The summed E-state index contributed by atoms with van der Waals surface area (Å²) in [6.07, 6.45) is 1.66. The van der Waals surface area contributed by atoms with Gasteiger partial charge in [-0.15, -0.1) is 0 Å². The van der Waals surface area contributed by atoms with Crippen molar-refractivity contribution >= 4 is 34.4 Å². The number of hydrogen-bond acceptors (Lipinski definition) is 5. The summed E-state index contributed by atoms with van der Waals surface area (Å²) in [5.41, 5.74) is 3.07. The molecule has 30 heavy (non-hydrogen) atoms. The minimum Gasteiger partial charge on any atom is -0.491 e. The first-order chi connectivity index (χ1) is 14.4. The van der Waals surface area contributed by atoms with Crippen molar-refractivity contribution in [1.29, 1.82) is 0 Å². The van der Waals surface area contributed by atoms with Gasteiger partial charge >= 0.3 is 6.03 Å². The number of amides is 2. The predicted molar refractivity (Wildman–Crippen MR) is 117 cm³/mol. The molecule has 9 heteroatoms. The van der Waals surface area contributed by atoms with Gasteiger partial charge in [-0.1, -0.05) is 41.9 Å². The van der Waals surface area contributed by atoms with Gasteiger partial charge in [-0.05, 0) is 26.0 Å². The number of carbonyl (C=O) groups excluding carboxylic acids is 1. The first-order valence-corrected chi connectivity index (χ1v) is 9.67. The van der Waals surface area contributed by atoms with Crippen molar-refractivity contribution in [3.05, 3.63) is 53.7 Å². The van der Waals surface area contributed by atoms with Crippen molar-refractivity contribution in [2.45, 2.75) is 19.9 Å². The van der Waals surface area contributed by atoms with Crippen LogP contribution in [0.1, 0.15) is 13.8 Å². The molecule has 4 rings (SSSR count). The molecule has 0 fully saturated rings. The fourth-order valence-corrected chi connectivity index (χ4v) is 3.33. The Balaban J connectivity index is 1.87. The lowest BCUT2D eigenvalue weighted by Gasteiger charge is -2.14. The topological polar surface area (TPSA) is 116 Å². The molecule has 0 saturated heterocycles. The molecule has 0 bridgehead atoms. The molecule has 4 N–H and O–H groups in total. The molecule has 8 nitrogen and oxygen atoms in total. The summed E-state index contributed by atoms with van der Waals surface area (Å²) < 4.78 is 0. The van der Waals surface area contributed by atoms with Crippen LogP contribution >= 0.6 is 11.6 Å². The van der Waals surface area contributed by atoms with Gasteiger partial charge < -0.3 is 10.4 Å². The normalized spacial score (nSPS) is 11.1. The minimum atomic E-state index is -0.482. The molecule has 2 heterocycles. The van der Waals surface area contributed by atoms with Crippen molar-refractivity contribution < 1.29 is 9.90 Å². The number of benzene rings is 2. The summed E-state index contributed by atoms with van der Waals surface area (Å²) in [7, 11) is 0. The van der Waals surface area contributed by atoms with Gasteiger partial charge in [0.05, 0.1) is 22.4 Å². The summed E-state index contributed by atoms with van der Waals surface area (Å²) in [4.78, 5) is 21.0. The third-order valence-corrected chi connectivity index (χ3v) is 4.65. The smallest absolute Gasteiger partial charge is 0.320 e. The zero-order chi connectivity index (χ0) is 21.3. The van der Waals surface area contributed by atoms with Gasteiger partial charge in [0.15, 0.2) is 5.82 Å². The van der Waals surface area contributed by atoms with E-state index in [4.69, 9.17) is 11.6 Å². The summed E-state index contributed by atoms with van der Waals surface area (Å²) in [5.74, 6) is -0.432. The second kappa shape index (κ2) is 8.00. The van der Waals surface area contributed by atoms with E-state index in [0.29, 0.717) is 27.5 Å². The van der Waals surface area contributed by atoms with Gasteiger partial charge in [-0.2, -0.15) is 5.10 Å². The molecule has 2 amide bonds. The Labute approximate surface area is 177 Å². The number of nitrogens with zero attached hydrogens (tertiary/aromatic N) is 3. The van der Waals surface area contributed by atoms with E-state index in [2.05, 4.69) is 30.8 Å². The fraction of sp³-hybridized carbons (Fsp3) is 0.143. The summed E-state index contributed by atoms with van der Waals surface area (Å²) in [6, 6.07) is 12.4. The van der Waals surface area contributed by atoms with Gasteiger partial charge in [0.2, 0.25) is 0 Å². The number of aromatic nitrogens is 4. The van der Waals surface area contributed by atoms with Gasteiger partial charge in [0.1, 0.15) is 5.69 Å². The summed E-state index contributed by atoms with van der Waals surface area (Å²) >= 11 is 6.39. The molecule has 0 saturated carbocycles. The van der Waals surface area contributed by atoms with Crippen LogP contribution in [0.3, 0.4) is 0 Å². The number of halogens is 1. The third kappa shape index (κ3) is 3.90. The molecule has 0 radical (unpaired) electrons. The number of anilines is 1. The number of urea groups is 1. The highest BCUT2D eigenvalue weighted by atomic mass is 35.5. The number of aromatic amines is 1. The number of H-pyrrole nitrogens is 1. The van der Waals surface area contributed by atoms with E-state index in [0.717, 1.165) is 10.9 Å². The van der Waals surface area contributed by atoms with E-state index >= 15 is 0 Å². The molecule has 0 aliphatic rings. The van der Waals surface area contributed by atoms with Gasteiger partial charge in [0.25, 0.3) is 5.88 Å². The number of carbonyl (C=O) groups is 1.